The van der Waals surface area contributed by atoms with E-state index in [1.54, 1.807) is 30.3 Å². The lowest BCUT2D eigenvalue weighted by Gasteiger charge is -2.10. The van der Waals surface area contributed by atoms with Gasteiger partial charge in [-0.2, -0.15) is 0 Å². The van der Waals surface area contributed by atoms with E-state index in [9.17, 15) is 9.59 Å². The Kier molecular flexibility index (Phi) is 5.96. The Bertz CT molecular complexity index is 961. The van der Waals surface area contributed by atoms with Gasteiger partial charge in [0.15, 0.2) is 0 Å². The highest BCUT2D eigenvalue weighted by atomic mass is 35.5. The van der Waals surface area contributed by atoms with Gasteiger partial charge >= 0.3 is 11.8 Å². The molecule has 0 fully saturated rings. The van der Waals surface area contributed by atoms with Crippen LogP contribution in [-0.2, 0) is 9.59 Å². The fourth-order valence-corrected chi connectivity index (χ4v) is 2.74. The minimum atomic E-state index is -0.828. The lowest BCUT2D eigenvalue weighted by atomic mass is 10.2. The molecule has 0 aliphatic heterocycles. The van der Waals surface area contributed by atoms with Gasteiger partial charge in [0.1, 0.15) is 0 Å². The van der Waals surface area contributed by atoms with E-state index in [0.29, 0.717) is 16.4 Å². The Balaban J connectivity index is 1.59. The summed E-state index contributed by atoms with van der Waals surface area (Å²) in [6.45, 7) is 0. The maximum atomic E-state index is 12.1. The molecule has 0 unspecified atom stereocenters. The summed E-state index contributed by atoms with van der Waals surface area (Å²) < 4.78 is 0. The molecule has 0 aromatic heterocycles. The largest absolute Gasteiger partial charge is 0.356 e. The molecule has 0 saturated heterocycles. The number of hydrogen-bond acceptors (Lipinski definition) is 3. The minimum Gasteiger partial charge on any atom is -0.356 e. The van der Waals surface area contributed by atoms with Crippen LogP contribution in [0.2, 0.25) is 10.0 Å². The van der Waals surface area contributed by atoms with Gasteiger partial charge < -0.3 is 16.0 Å². The number of carbonyl (C=O) groups excluding carboxylic acids is 2. The number of rotatable bonds is 4. The van der Waals surface area contributed by atoms with Crippen LogP contribution < -0.4 is 16.0 Å². The smallest absolute Gasteiger partial charge is 0.314 e. The van der Waals surface area contributed by atoms with Crippen molar-refractivity contribution in [2.75, 3.05) is 16.0 Å². The van der Waals surface area contributed by atoms with Crippen molar-refractivity contribution >= 4 is 57.8 Å². The van der Waals surface area contributed by atoms with E-state index in [0.717, 1.165) is 11.4 Å². The third-order valence-electron chi connectivity index (χ3n) is 3.59. The maximum absolute atomic E-state index is 12.1. The van der Waals surface area contributed by atoms with Gasteiger partial charge in [0.25, 0.3) is 0 Å². The first-order chi connectivity index (χ1) is 13.0. The van der Waals surface area contributed by atoms with Crippen LogP contribution in [0.5, 0.6) is 0 Å². The lowest BCUT2D eigenvalue weighted by molar-refractivity contribution is -0.132. The standard InChI is InChI=1S/C20H15Cl2N3O2/c21-13-6-11-18(17(22)12-13)25-20(27)19(26)24-16-9-7-15(8-10-16)23-14-4-2-1-3-5-14/h1-12,23H,(H,24,26)(H,25,27). The number of carbonyl (C=O) groups is 2. The van der Waals surface area contributed by atoms with Crippen molar-refractivity contribution in [1.82, 2.24) is 0 Å². The molecule has 0 aliphatic rings. The summed E-state index contributed by atoms with van der Waals surface area (Å²) in [4.78, 5) is 24.1. The van der Waals surface area contributed by atoms with Crippen LogP contribution >= 0.6 is 23.2 Å². The molecule has 3 rings (SSSR count). The molecular formula is C20H15Cl2N3O2. The van der Waals surface area contributed by atoms with Crippen molar-refractivity contribution in [2.45, 2.75) is 0 Å². The van der Waals surface area contributed by atoms with Crippen LogP contribution in [-0.4, -0.2) is 11.8 Å². The monoisotopic (exact) mass is 399 g/mol. The van der Waals surface area contributed by atoms with Crippen molar-refractivity contribution in [3.8, 4) is 0 Å². The van der Waals surface area contributed by atoms with E-state index in [1.165, 1.54) is 12.1 Å². The normalized spacial score (nSPS) is 10.1. The van der Waals surface area contributed by atoms with Crippen LogP contribution in [0.1, 0.15) is 0 Å². The molecule has 0 atom stereocenters. The average molecular weight is 400 g/mol. The van der Waals surface area contributed by atoms with Crippen LogP contribution in [0.25, 0.3) is 0 Å². The fourth-order valence-electron chi connectivity index (χ4n) is 2.28. The molecule has 136 valence electrons. The molecule has 27 heavy (non-hydrogen) atoms. The van der Waals surface area contributed by atoms with Gasteiger partial charge in [-0.1, -0.05) is 41.4 Å². The van der Waals surface area contributed by atoms with Crippen molar-refractivity contribution in [2.24, 2.45) is 0 Å². The maximum Gasteiger partial charge on any atom is 0.314 e. The van der Waals surface area contributed by atoms with E-state index in [4.69, 9.17) is 23.2 Å². The fraction of sp³-hybridized carbons (Fsp3) is 0. The van der Waals surface area contributed by atoms with Gasteiger partial charge in [-0.15, -0.1) is 0 Å². The molecule has 0 heterocycles. The molecule has 3 N–H and O–H groups in total. The summed E-state index contributed by atoms with van der Waals surface area (Å²) in [5.74, 6) is -1.63. The molecule has 0 bridgehead atoms. The molecule has 0 spiro atoms. The molecule has 3 aromatic rings. The Morgan fingerprint density at radius 1 is 0.667 bits per heavy atom. The number of nitrogens with one attached hydrogen (secondary N) is 3. The van der Waals surface area contributed by atoms with E-state index in [-0.39, 0.29) is 5.02 Å². The zero-order valence-electron chi connectivity index (χ0n) is 14.0. The highest BCUT2D eigenvalue weighted by molar-refractivity contribution is 6.45. The number of para-hydroxylation sites is 1. The third kappa shape index (κ3) is 5.23. The van der Waals surface area contributed by atoms with Crippen molar-refractivity contribution < 1.29 is 9.59 Å². The van der Waals surface area contributed by atoms with Crippen LogP contribution in [0.3, 0.4) is 0 Å². The molecule has 2 amide bonds. The molecule has 5 nitrogen and oxygen atoms in total. The topological polar surface area (TPSA) is 70.2 Å². The second kappa shape index (κ2) is 8.58. The second-order valence-electron chi connectivity index (χ2n) is 5.60. The first-order valence-electron chi connectivity index (χ1n) is 8.01. The zero-order valence-corrected chi connectivity index (χ0v) is 15.5. The summed E-state index contributed by atoms with van der Waals surface area (Å²) in [7, 11) is 0. The summed E-state index contributed by atoms with van der Waals surface area (Å²) in [6, 6.07) is 21.3. The lowest BCUT2D eigenvalue weighted by Crippen LogP contribution is -2.29. The van der Waals surface area contributed by atoms with Crippen molar-refractivity contribution in [1.29, 1.82) is 0 Å². The zero-order chi connectivity index (χ0) is 19.2. The Morgan fingerprint density at radius 2 is 1.26 bits per heavy atom. The Morgan fingerprint density at radius 3 is 1.93 bits per heavy atom. The number of amides is 2. The third-order valence-corrected chi connectivity index (χ3v) is 4.14. The Labute approximate surface area is 166 Å². The molecule has 7 heteroatoms. The summed E-state index contributed by atoms with van der Waals surface area (Å²) in [6.07, 6.45) is 0. The van der Waals surface area contributed by atoms with Gasteiger partial charge in [-0.05, 0) is 54.6 Å². The van der Waals surface area contributed by atoms with Crippen LogP contribution in [0.4, 0.5) is 22.7 Å². The van der Waals surface area contributed by atoms with Gasteiger partial charge in [-0.3, -0.25) is 9.59 Å². The summed E-state index contributed by atoms with van der Waals surface area (Å²) in [5, 5.41) is 8.90. The quantitative estimate of drug-likeness (QED) is 0.520. The van der Waals surface area contributed by atoms with Gasteiger partial charge in [0.05, 0.1) is 10.7 Å². The summed E-state index contributed by atoms with van der Waals surface area (Å²) in [5.41, 5.74) is 2.62. The average Bonchev–Trinajstić information content (AvgIpc) is 2.66. The predicted molar refractivity (Wildman–Crippen MR) is 110 cm³/mol. The number of benzene rings is 3. The van der Waals surface area contributed by atoms with Gasteiger partial charge in [0.2, 0.25) is 0 Å². The SMILES string of the molecule is O=C(Nc1ccc(Nc2ccccc2)cc1)C(=O)Nc1ccc(Cl)cc1Cl. The van der Waals surface area contributed by atoms with Gasteiger partial charge in [0, 0.05) is 22.1 Å². The van der Waals surface area contributed by atoms with Gasteiger partial charge in [-0.25, -0.2) is 0 Å². The predicted octanol–water partition coefficient (Wildman–Crippen LogP) is 5.31. The molecule has 0 radical (unpaired) electrons. The highest BCUT2D eigenvalue weighted by Gasteiger charge is 2.15. The minimum absolute atomic E-state index is 0.250. The highest BCUT2D eigenvalue weighted by Crippen LogP contribution is 2.25. The van der Waals surface area contributed by atoms with E-state index >= 15 is 0 Å². The van der Waals surface area contributed by atoms with Crippen molar-refractivity contribution in [3.63, 3.8) is 0 Å². The number of hydrogen-bond donors (Lipinski definition) is 3. The summed E-state index contributed by atoms with van der Waals surface area (Å²) >= 11 is 11.8. The molecular weight excluding hydrogens is 385 g/mol. The van der Waals surface area contributed by atoms with E-state index in [2.05, 4.69) is 16.0 Å². The Hall–Kier alpha value is -3.02. The van der Waals surface area contributed by atoms with Crippen molar-refractivity contribution in [3.05, 3.63) is 82.8 Å². The van der Waals surface area contributed by atoms with E-state index in [1.807, 2.05) is 30.3 Å². The first-order valence-corrected chi connectivity index (χ1v) is 8.76. The van der Waals surface area contributed by atoms with Crippen LogP contribution in [0, 0.1) is 0 Å². The number of halogens is 2. The molecule has 0 aliphatic carbocycles. The molecule has 0 saturated carbocycles. The first kappa shape index (κ1) is 18.8. The van der Waals surface area contributed by atoms with Crippen LogP contribution in [0.15, 0.2) is 72.8 Å². The number of anilines is 4. The molecule has 3 aromatic carbocycles. The van der Waals surface area contributed by atoms with E-state index < -0.39 is 11.8 Å². The second-order valence-corrected chi connectivity index (χ2v) is 6.44.